The Hall–Kier alpha value is -4.17. The van der Waals surface area contributed by atoms with Crippen LogP contribution in [0.1, 0.15) is 49.1 Å². The van der Waals surface area contributed by atoms with E-state index in [2.05, 4.69) is 20.6 Å². The highest BCUT2D eigenvalue weighted by molar-refractivity contribution is 7.85. The Labute approximate surface area is 258 Å². The van der Waals surface area contributed by atoms with Gasteiger partial charge in [-0.3, -0.25) is 9.35 Å². The largest absolute Gasteiger partial charge is 0.451 e. The molecule has 2 aliphatic heterocycles. The molecule has 1 atom stereocenters. The van der Waals surface area contributed by atoms with Gasteiger partial charge < -0.3 is 25.8 Å². The van der Waals surface area contributed by atoms with E-state index in [0.29, 0.717) is 70.3 Å². The number of carbonyl (C=O) groups excluding carboxylic acids is 2. The van der Waals surface area contributed by atoms with E-state index in [1.807, 2.05) is 23.5 Å². The van der Waals surface area contributed by atoms with Gasteiger partial charge in [-0.2, -0.15) is 26.9 Å². The first kappa shape index (κ1) is 33.7. The molecular formula is C28H35F3N8O5S. The second-order valence-corrected chi connectivity index (χ2v) is 12.4. The fraction of sp³-hybridized carbons (Fsp3) is 0.536. The molecule has 45 heavy (non-hydrogen) atoms. The molecule has 2 aliphatic rings. The number of nitrogens with zero attached hydrogens (tertiary/aromatic N) is 5. The Morgan fingerprint density at radius 1 is 1.00 bits per heavy atom. The molecule has 2 fully saturated rings. The van der Waals surface area contributed by atoms with Crippen molar-refractivity contribution < 1.29 is 35.7 Å². The summed E-state index contributed by atoms with van der Waals surface area (Å²) in [6, 6.07) is 9.14. The summed E-state index contributed by atoms with van der Waals surface area (Å²) in [7, 11) is -4.33. The van der Waals surface area contributed by atoms with Crippen LogP contribution in [-0.2, 0) is 27.5 Å². The third-order valence-corrected chi connectivity index (χ3v) is 8.30. The van der Waals surface area contributed by atoms with Crippen LogP contribution >= 0.6 is 0 Å². The highest BCUT2D eigenvalue weighted by Gasteiger charge is 2.39. The summed E-state index contributed by atoms with van der Waals surface area (Å²) in [4.78, 5) is 35.8. The average molecular weight is 653 g/mol. The number of nitriles is 1. The maximum Gasteiger partial charge on any atom is 0.451 e. The van der Waals surface area contributed by atoms with Gasteiger partial charge in [0, 0.05) is 38.8 Å². The molecule has 3 amide bonds. The first-order valence-electron chi connectivity index (χ1n) is 14.5. The first-order valence-corrected chi connectivity index (χ1v) is 16.1. The summed E-state index contributed by atoms with van der Waals surface area (Å²) < 4.78 is 71.8. The number of hydrogen-bond donors (Lipinski definition) is 4. The van der Waals surface area contributed by atoms with E-state index >= 15 is 0 Å². The molecule has 0 saturated carbocycles. The third-order valence-electron chi connectivity index (χ3n) is 7.79. The van der Waals surface area contributed by atoms with E-state index in [1.54, 1.807) is 21.9 Å². The number of anilines is 2. The average Bonchev–Trinajstić information content (AvgIpc) is 3.50. The van der Waals surface area contributed by atoms with Crippen molar-refractivity contribution in [1.29, 1.82) is 5.26 Å². The number of benzene rings is 1. The molecule has 0 radical (unpaired) electrons. The zero-order valence-corrected chi connectivity index (χ0v) is 25.2. The van der Waals surface area contributed by atoms with Crippen molar-refractivity contribution in [2.75, 3.05) is 48.4 Å². The van der Waals surface area contributed by atoms with Crippen LogP contribution in [0.4, 0.5) is 29.6 Å². The SMILES string of the molecule is N#Cc1ccc(CCNC(=O)C2CCCN2c2cc(N3CCC(CCNC(=O)NCS(=O)(=O)O)CC3)nc(C(F)(F)F)n2)cc1. The molecule has 1 aromatic heterocycles. The lowest BCUT2D eigenvalue weighted by molar-refractivity contribution is -0.144. The second kappa shape index (κ2) is 14.7. The van der Waals surface area contributed by atoms with Gasteiger partial charge in [0.05, 0.1) is 11.6 Å². The summed E-state index contributed by atoms with van der Waals surface area (Å²) in [5.74, 6) is -2.14. The highest BCUT2D eigenvalue weighted by atomic mass is 32.2. The van der Waals surface area contributed by atoms with Crippen molar-refractivity contribution in [2.24, 2.45) is 5.92 Å². The summed E-state index contributed by atoms with van der Waals surface area (Å²) >= 11 is 0. The molecule has 3 heterocycles. The van der Waals surface area contributed by atoms with Crippen molar-refractivity contribution in [3.63, 3.8) is 0 Å². The standard InChI is InChI=1S/C28H35F3N8O5S/c29-28(30,31)26-36-23(38-14-9-20(10-15-38)8-12-34-27(41)35-18-45(42,43)44)16-24(37-26)39-13-1-2-22(39)25(40)33-11-7-19-3-5-21(17-32)6-4-19/h3-6,16,20,22H,1-2,7-15,18H2,(H,33,40)(H2,34,35,41)(H,42,43,44). The predicted octanol–water partition coefficient (Wildman–Crippen LogP) is 2.45. The fourth-order valence-electron chi connectivity index (χ4n) is 5.43. The molecule has 0 bridgehead atoms. The van der Waals surface area contributed by atoms with Crippen molar-refractivity contribution in [3.8, 4) is 6.07 Å². The summed E-state index contributed by atoms with van der Waals surface area (Å²) in [6.07, 6.45) is -1.34. The van der Waals surface area contributed by atoms with Crippen LogP contribution < -0.4 is 25.8 Å². The second-order valence-electron chi connectivity index (χ2n) is 11.0. The normalized spacial score (nSPS) is 17.5. The molecule has 4 N–H and O–H groups in total. The highest BCUT2D eigenvalue weighted by Crippen LogP contribution is 2.34. The van der Waals surface area contributed by atoms with Gasteiger partial charge >= 0.3 is 12.2 Å². The Kier molecular flexibility index (Phi) is 11.0. The van der Waals surface area contributed by atoms with Crippen molar-refractivity contribution >= 4 is 33.7 Å². The van der Waals surface area contributed by atoms with Crippen LogP contribution in [0.25, 0.3) is 0 Å². The lowest BCUT2D eigenvalue weighted by atomic mass is 9.93. The van der Waals surface area contributed by atoms with Gasteiger partial charge in [0.25, 0.3) is 10.1 Å². The maximum atomic E-state index is 13.9. The molecule has 0 aliphatic carbocycles. The summed E-state index contributed by atoms with van der Waals surface area (Å²) in [5.41, 5.74) is 1.47. The maximum absolute atomic E-state index is 13.9. The Balaban J connectivity index is 1.35. The van der Waals surface area contributed by atoms with Crippen molar-refractivity contribution in [3.05, 3.63) is 47.3 Å². The zero-order valence-electron chi connectivity index (χ0n) is 24.4. The van der Waals surface area contributed by atoms with Crippen LogP contribution in [-0.4, -0.2) is 79.5 Å². The van der Waals surface area contributed by atoms with Gasteiger partial charge in [0.1, 0.15) is 23.6 Å². The Morgan fingerprint density at radius 2 is 1.69 bits per heavy atom. The number of piperidine rings is 1. The van der Waals surface area contributed by atoms with Crippen LogP contribution in [0.15, 0.2) is 30.3 Å². The van der Waals surface area contributed by atoms with E-state index in [-0.39, 0.29) is 30.0 Å². The lowest BCUT2D eigenvalue weighted by Crippen LogP contribution is -2.44. The zero-order chi connectivity index (χ0) is 32.6. The lowest BCUT2D eigenvalue weighted by Gasteiger charge is -2.34. The number of alkyl halides is 3. The van der Waals surface area contributed by atoms with Crippen LogP contribution in [0.5, 0.6) is 0 Å². The number of aromatic nitrogens is 2. The molecule has 2 aromatic rings. The number of amides is 3. The third kappa shape index (κ3) is 9.91. The molecule has 17 heteroatoms. The van der Waals surface area contributed by atoms with E-state index in [4.69, 9.17) is 9.81 Å². The molecule has 4 rings (SSSR count). The Bertz CT molecular complexity index is 1490. The number of nitrogens with one attached hydrogen (secondary N) is 3. The monoisotopic (exact) mass is 652 g/mol. The molecule has 0 spiro atoms. The molecule has 1 aromatic carbocycles. The van der Waals surface area contributed by atoms with Gasteiger partial charge in [-0.15, -0.1) is 0 Å². The number of halogens is 3. The smallest absolute Gasteiger partial charge is 0.356 e. The predicted molar refractivity (Wildman–Crippen MR) is 158 cm³/mol. The summed E-state index contributed by atoms with van der Waals surface area (Å²) in [5, 5.41) is 16.4. The fourth-order valence-corrected chi connectivity index (χ4v) is 5.74. The van der Waals surface area contributed by atoms with Crippen LogP contribution in [0.3, 0.4) is 0 Å². The van der Waals surface area contributed by atoms with E-state index in [9.17, 15) is 31.2 Å². The molecule has 244 valence electrons. The van der Waals surface area contributed by atoms with Crippen LogP contribution in [0.2, 0.25) is 0 Å². The minimum atomic E-state index is -4.79. The van der Waals surface area contributed by atoms with Crippen molar-refractivity contribution in [1.82, 2.24) is 25.9 Å². The molecular weight excluding hydrogens is 617 g/mol. The van der Waals surface area contributed by atoms with E-state index < -0.39 is 40.1 Å². The first-order chi connectivity index (χ1) is 21.3. The molecule has 2 saturated heterocycles. The molecule has 13 nitrogen and oxygen atoms in total. The minimum absolute atomic E-state index is 0.0410. The molecule has 1 unspecified atom stereocenters. The number of rotatable bonds is 11. The van der Waals surface area contributed by atoms with E-state index in [0.717, 1.165) is 5.56 Å². The number of carbonyl (C=O) groups is 2. The van der Waals surface area contributed by atoms with Crippen LogP contribution in [0, 0.1) is 17.2 Å². The summed E-state index contributed by atoms with van der Waals surface area (Å²) in [6.45, 7) is 1.80. The topological polar surface area (TPSA) is 181 Å². The van der Waals surface area contributed by atoms with Gasteiger partial charge in [-0.1, -0.05) is 12.1 Å². The van der Waals surface area contributed by atoms with Gasteiger partial charge in [-0.25, -0.2) is 14.8 Å². The number of hydrogen-bond acceptors (Lipinski definition) is 9. The Morgan fingerprint density at radius 3 is 2.33 bits per heavy atom. The van der Waals surface area contributed by atoms with E-state index in [1.165, 1.54) is 6.07 Å². The van der Waals surface area contributed by atoms with Crippen molar-refractivity contribution in [2.45, 2.75) is 50.7 Å². The number of urea groups is 1. The minimum Gasteiger partial charge on any atom is -0.356 e. The quantitative estimate of drug-likeness (QED) is 0.263. The van der Waals surface area contributed by atoms with Gasteiger partial charge in [-0.05, 0) is 62.1 Å². The van der Waals surface area contributed by atoms with Gasteiger partial charge in [0.2, 0.25) is 11.7 Å². The van der Waals surface area contributed by atoms with Gasteiger partial charge in [0.15, 0.2) is 0 Å².